The van der Waals surface area contributed by atoms with Crippen LogP contribution in [0, 0.1) is 0 Å². The van der Waals surface area contributed by atoms with Crippen molar-refractivity contribution in [1.82, 2.24) is 18.7 Å². The van der Waals surface area contributed by atoms with Crippen LogP contribution in [0.5, 0.6) is 0 Å². The van der Waals surface area contributed by atoms with E-state index >= 15 is 0 Å². The zero-order valence-corrected chi connectivity index (χ0v) is 11.0. The van der Waals surface area contributed by atoms with Crippen LogP contribution in [0.15, 0.2) is 26.1 Å². The van der Waals surface area contributed by atoms with Gasteiger partial charge in [-0.25, -0.2) is 9.78 Å². The standard InChI is InChI=1S/C10H14N8O2/c1-16-7-6(8(19)17(2)10(16)20)18(5-13-7)4-3-14-15-9(11)12/h3,5H,4H2,1-2H3,(H4,11,12,15)/b14-3-. The first-order chi connectivity index (χ1) is 9.43. The van der Waals surface area contributed by atoms with E-state index in [2.05, 4.69) is 15.2 Å². The van der Waals surface area contributed by atoms with Crippen molar-refractivity contribution in [3.8, 4) is 0 Å². The molecule has 0 aliphatic heterocycles. The Balaban J connectivity index is 2.53. The van der Waals surface area contributed by atoms with Crippen LogP contribution in [0.3, 0.4) is 0 Å². The molecule has 0 saturated carbocycles. The minimum atomic E-state index is -0.429. The molecule has 2 aromatic rings. The first kappa shape index (κ1) is 13.5. The summed E-state index contributed by atoms with van der Waals surface area (Å²) in [6, 6.07) is 0. The highest BCUT2D eigenvalue weighted by molar-refractivity contribution is 5.76. The van der Waals surface area contributed by atoms with E-state index in [4.69, 9.17) is 11.5 Å². The Morgan fingerprint density at radius 1 is 1.35 bits per heavy atom. The van der Waals surface area contributed by atoms with Crippen molar-refractivity contribution in [2.45, 2.75) is 6.54 Å². The maximum Gasteiger partial charge on any atom is 0.332 e. The van der Waals surface area contributed by atoms with Crippen LogP contribution in [0.25, 0.3) is 11.2 Å². The molecule has 0 fully saturated rings. The summed E-state index contributed by atoms with van der Waals surface area (Å²) in [6.45, 7) is 0.251. The van der Waals surface area contributed by atoms with Gasteiger partial charge in [-0.15, -0.1) is 5.10 Å². The highest BCUT2D eigenvalue weighted by atomic mass is 16.2. The van der Waals surface area contributed by atoms with E-state index < -0.39 is 11.2 Å². The first-order valence-electron chi connectivity index (χ1n) is 5.64. The molecule has 10 heteroatoms. The zero-order chi connectivity index (χ0) is 14.9. The number of fused-ring (bicyclic) bond motifs is 1. The SMILES string of the molecule is Cn1c(=O)c2c(ncn2C/C=N\N=C(N)N)n(C)c1=O. The molecule has 2 rings (SSSR count). The Morgan fingerprint density at radius 2 is 2.05 bits per heavy atom. The van der Waals surface area contributed by atoms with Crippen LogP contribution in [-0.2, 0) is 20.6 Å². The van der Waals surface area contributed by atoms with Crippen molar-refractivity contribution >= 4 is 23.3 Å². The lowest BCUT2D eigenvalue weighted by Crippen LogP contribution is -2.37. The fourth-order valence-electron chi connectivity index (χ4n) is 1.77. The van der Waals surface area contributed by atoms with Gasteiger partial charge in [-0.05, 0) is 0 Å². The summed E-state index contributed by atoms with van der Waals surface area (Å²) in [4.78, 5) is 27.9. The molecular formula is C10H14N8O2. The van der Waals surface area contributed by atoms with Crippen LogP contribution >= 0.6 is 0 Å². The second-order valence-corrected chi connectivity index (χ2v) is 4.10. The molecule has 0 unspecified atom stereocenters. The lowest BCUT2D eigenvalue weighted by molar-refractivity contribution is 0.704. The minimum absolute atomic E-state index is 0.157. The minimum Gasteiger partial charge on any atom is -0.369 e. The van der Waals surface area contributed by atoms with Crippen molar-refractivity contribution in [1.29, 1.82) is 0 Å². The smallest absolute Gasteiger partial charge is 0.332 e. The topological polar surface area (TPSA) is 139 Å². The van der Waals surface area contributed by atoms with E-state index in [1.54, 1.807) is 11.6 Å². The third kappa shape index (κ3) is 2.18. The van der Waals surface area contributed by atoms with E-state index in [-0.39, 0.29) is 12.5 Å². The van der Waals surface area contributed by atoms with Crippen molar-refractivity contribution in [3.63, 3.8) is 0 Å². The quantitative estimate of drug-likeness (QED) is 0.369. The average Bonchev–Trinajstić information content (AvgIpc) is 2.82. The monoisotopic (exact) mass is 278 g/mol. The molecule has 0 aliphatic carbocycles. The lowest BCUT2D eigenvalue weighted by atomic mass is 10.5. The van der Waals surface area contributed by atoms with Crippen LogP contribution < -0.4 is 22.7 Å². The molecule has 2 heterocycles. The van der Waals surface area contributed by atoms with Crippen LogP contribution in [0.1, 0.15) is 0 Å². The number of aryl methyl sites for hydroxylation is 1. The molecule has 0 spiro atoms. The van der Waals surface area contributed by atoms with Gasteiger partial charge in [-0.3, -0.25) is 13.9 Å². The molecule has 0 amide bonds. The van der Waals surface area contributed by atoms with Gasteiger partial charge in [-0.1, -0.05) is 0 Å². The van der Waals surface area contributed by atoms with E-state index in [1.807, 2.05) is 0 Å². The third-order valence-corrected chi connectivity index (χ3v) is 2.75. The van der Waals surface area contributed by atoms with Gasteiger partial charge in [0.25, 0.3) is 5.56 Å². The number of guanidine groups is 1. The summed E-state index contributed by atoms with van der Waals surface area (Å²) >= 11 is 0. The summed E-state index contributed by atoms with van der Waals surface area (Å²) in [5.41, 5.74) is 10.0. The number of nitrogens with zero attached hydrogens (tertiary/aromatic N) is 6. The Labute approximate surface area is 112 Å². The summed E-state index contributed by atoms with van der Waals surface area (Å²) in [5, 5.41) is 7.08. The molecule has 4 N–H and O–H groups in total. The largest absolute Gasteiger partial charge is 0.369 e. The number of nitrogens with two attached hydrogens (primary N) is 2. The molecular weight excluding hydrogens is 264 g/mol. The van der Waals surface area contributed by atoms with Crippen LogP contribution in [0.4, 0.5) is 0 Å². The Hall–Kier alpha value is -2.91. The van der Waals surface area contributed by atoms with Gasteiger partial charge in [0.2, 0.25) is 5.96 Å². The van der Waals surface area contributed by atoms with Gasteiger partial charge >= 0.3 is 5.69 Å². The number of imidazole rings is 1. The van der Waals surface area contributed by atoms with E-state index in [9.17, 15) is 9.59 Å². The molecule has 106 valence electrons. The van der Waals surface area contributed by atoms with E-state index in [0.717, 1.165) is 4.57 Å². The average molecular weight is 278 g/mol. The Bertz CT molecular complexity index is 818. The summed E-state index contributed by atoms with van der Waals surface area (Å²) in [7, 11) is 2.96. The first-order valence-corrected chi connectivity index (χ1v) is 5.64. The molecule has 0 radical (unpaired) electrons. The predicted octanol–water partition coefficient (Wildman–Crippen LogP) is -2.31. The maximum atomic E-state index is 12.1. The number of rotatable bonds is 3. The van der Waals surface area contributed by atoms with Gasteiger partial charge < -0.3 is 16.0 Å². The molecule has 0 aromatic carbocycles. The predicted molar refractivity (Wildman–Crippen MR) is 74.5 cm³/mol. The van der Waals surface area contributed by atoms with Gasteiger partial charge in [0, 0.05) is 20.3 Å². The summed E-state index contributed by atoms with van der Waals surface area (Å²) in [5.74, 6) is -0.157. The maximum absolute atomic E-state index is 12.1. The van der Waals surface area contributed by atoms with Crippen molar-refractivity contribution in [2.24, 2.45) is 35.8 Å². The number of hydrogen-bond donors (Lipinski definition) is 2. The molecule has 0 saturated heterocycles. The highest BCUT2D eigenvalue weighted by Gasteiger charge is 2.13. The van der Waals surface area contributed by atoms with Crippen LogP contribution in [0.2, 0.25) is 0 Å². The fraction of sp³-hybridized carbons (Fsp3) is 0.300. The summed E-state index contributed by atoms with van der Waals surface area (Å²) in [6.07, 6.45) is 2.87. The summed E-state index contributed by atoms with van der Waals surface area (Å²) < 4.78 is 3.89. The Morgan fingerprint density at radius 3 is 2.70 bits per heavy atom. The number of hydrogen-bond acceptors (Lipinski definition) is 5. The molecule has 0 bridgehead atoms. The second-order valence-electron chi connectivity index (χ2n) is 4.10. The third-order valence-electron chi connectivity index (χ3n) is 2.75. The number of aromatic nitrogens is 4. The fourth-order valence-corrected chi connectivity index (χ4v) is 1.77. The molecule has 0 atom stereocenters. The van der Waals surface area contributed by atoms with Gasteiger partial charge in [0.05, 0.1) is 12.9 Å². The van der Waals surface area contributed by atoms with Crippen molar-refractivity contribution < 1.29 is 0 Å². The molecule has 2 aromatic heterocycles. The van der Waals surface area contributed by atoms with Gasteiger partial charge in [-0.2, -0.15) is 5.10 Å². The normalized spacial score (nSPS) is 11.3. The van der Waals surface area contributed by atoms with Crippen LogP contribution in [-0.4, -0.2) is 30.9 Å². The lowest BCUT2D eigenvalue weighted by Gasteiger charge is -2.04. The van der Waals surface area contributed by atoms with Gasteiger partial charge in [0.1, 0.15) is 0 Å². The molecule has 0 aliphatic rings. The Kier molecular flexibility index (Phi) is 3.37. The second kappa shape index (κ2) is 4.99. The van der Waals surface area contributed by atoms with Crippen molar-refractivity contribution in [2.75, 3.05) is 0 Å². The molecule has 20 heavy (non-hydrogen) atoms. The zero-order valence-electron chi connectivity index (χ0n) is 11.0. The highest BCUT2D eigenvalue weighted by Crippen LogP contribution is 2.04. The molecule has 10 nitrogen and oxygen atoms in total. The van der Waals surface area contributed by atoms with Crippen molar-refractivity contribution in [3.05, 3.63) is 27.2 Å². The van der Waals surface area contributed by atoms with E-state index in [1.165, 1.54) is 24.2 Å². The van der Waals surface area contributed by atoms with E-state index in [0.29, 0.717) is 11.2 Å². The van der Waals surface area contributed by atoms with Gasteiger partial charge in [0.15, 0.2) is 11.2 Å².